The molecule has 4 spiro atoms. The Morgan fingerprint density at radius 2 is 1.62 bits per heavy atom. The van der Waals surface area contributed by atoms with Gasteiger partial charge in [0.25, 0.3) is 0 Å². The monoisotopic (exact) mass is 775 g/mol. The Labute approximate surface area is 322 Å². The average Bonchev–Trinajstić information content (AvgIpc) is 3.89. The number of hydrogen-bond acceptors (Lipinski definition) is 8. The second kappa shape index (κ2) is 11.7. The fourth-order valence-corrected chi connectivity index (χ4v) is 15.8. The Balaban J connectivity index is 0.909. The number of likely N-dealkylation sites (tertiary alicyclic amines) is 1. The minimum absolute atomic E-state index is 0.0157. The number of fused-ring (bicyclic) bond motifs is 1. The van der Waals surface area contributed by atoms with E-state index in [2.05, 4.69) is 41.5 Å². The topological polar surface area (TPSA) is 139 Å². The number of amidine groups is 2. The predicted octanol–water partition coefficient (Wildman–Crippen LogP) is 7.06. The van der Waals surface area contributed by atoms with Crippen molar-refractivity contribution in [2.24, 2.45) is 56.2 Å². The van der Waals surface area contributed by atoms with E-state index >= 15 is 0 Å². The van der Waals surface area contributed by atoms with Gasteiger partial charge in [-0.1, -0.05) is 41.5 Å². The van der Waals surface area contributed by atoms with Crippen LogP contribution in [-0.4, -0.2) is 113 Å². The van der Waals surface area contributed by atoms with Crippen LogP contribution in [0.25, 0.3) is 0 Å². The molecule has 0 aromatic rings. The molecule has 9 fully saturated rings. The van der Waals surface area contributed by atoms with Crippen molar-refractivity contribution in [3.63, 3.8) is 0 Å². The first kappa shape index (κ1) is 37.9. The number of aliphatic hydroxyl groups excluding tert-OH is 1. The number of aliphatic hydroxyl groups is 1. The molecule has 11 nitrogen and oxygen atoms in total. The number of rotatable bonds is 4. The molecule has 2 amide bonds. The highest BCUT2D eigenvalue weighted by molar-refractivity contribution is 6.02. The van der Waals surface area contributed by atoms with Gasteiger partial charge < -0.3 is 29.1 Å². The number of nitrogens with one attached hydrogen (secondary N) is 2. The summed E-state index contributed by atoms with van der Waals surface area (Å²) in [6, 6.07) is 0. The highest BCUT2D eigenvalue weighted by Gasteiger charge is 2.95. The van der Waals surface area contributed by atoms with Gasteiger partial charge >= 0.3 is 18.4 Å². The standard InChI is InChI=1S/C41H60F3N5O6/c1-22(2)29(55-33(51)47-16-7-17-47)24-10-13-39-23(3)40(39)15-14-38-21-37(38)12-11-27(54-34(52)48-18-19-49(28(45)20-48)32(46)41(42,43)44)35(4,5)25(37)8-9-26(38)36(40,6)30(50)31(39)53-24/h22-27,29-31,45-46,50H,7-21H2,1-6H3. The summed E-state index contributed by atoms with van der Waals surface area (Å²) in [6.07, 6.45) is 2.17. The van der Waals surface area contributed by atoms with Crippen molar-refractivity contribution in [3.8, 4) is 0 Å². The number of amides is 2. The number of hydrogen-bond donors (Lipinski definition) is 3. The van der Waals surface area contributed by atoms with Gasteiger partial charge in [0, 0.05) is 42.4 Å². The zero-order valence-electron chi connectivity index (χ0n) is 33.3. The molecule has 3 heterocycles. The number of halogens is 3. The van der Waals surface area contributed by atoms with Crippen LogP contribution in [0.3, 0.4) is 0 Å². The largest absolute Gasteiger partial charge is 0.449 e. The van der Waals surface area contributed by atoms with E-state index in [1.54, 1.807) is 4.90 Å². The summed E-state index contributed by atoms with van der Waals surface area (Å²) in [5.74, 6) is -0.825. The quantitative estimate of drug-likeness (QED) is 0.205. The molecule has 3 aliphatic heterocycles. The summed E-state index contributed by atoms with van der Waals surface area (Å²) in [5.41, 5.74) is -0.472. The van der Waals surface area contributed by atoms with Gasteiger partial charge in [0.05, 0.1) is 24.9 Å². The maximum absolute atomic E-state index is 13.5. The molecule has 13 atom stereocenters. The first-order chi connectivity index (χ1) is 25.7. The number of carbonyl (C=O) groups is 2. The molecular formula is C41H60F3N5O6. The third-order valence-corrected chi connectivity index (χ3v) is 18.3. The van der Waals surface area contributed by atoms with Crippen LogP contribution in [0, 0.1) is 67.0 Å². The lowest BCUT2D eigenvalue weighted by atomic mass is 9.43. The third kappa shape index (κ3) is 4.58. The molecule has 3 saturated heterocycles. The molecule has 0 radical (unpaired) electrons. The van der Waals surface area contributed by atoms with E-state index in [-0.39, 0.29) is 88.6 Å². The van der Waals surface area contributed by atoms with Crippen LogP contribution in [0.5, 0.6) is 0 Å². The van der Waals surface area contributed by atoms with E-state index in [9.17, 15) is 27.9 Å². The summed E-state index contributed by atoms with van der Waals surface area (Å²) >= 11 is 0. The molecule has 3 N–H and O–H groups in total. The van der Waals surface area contributed by atoms with Gasteiger partial charge in [-0.2, -0.15) is 13.2 Å². The van der Waals surface area contributed by atoms with Crippen LogP contribution in [-0.2, 0) is 14.2 Å². The van der Waals surface area contributed by atoms with Gasteiger partial charge in [-0.15, -0.1) is 0 Å². The van der Waals surface area contributed by atoms with Crippen molar-refractivity contribution in [1.82, 2.24) is 14.7 Å². The van der Waals surface area contributed by atoms with Gasteiger partial charge in [0.2, 0.25) is 5.84 Å². The highest BCUT2D eigenvalue weighted by Crippen LogP contribution is 2.97. The normalized spacial score (nSPS) is 46.9. The molecule has 0 aromatic carbocycles. The molecule has 306 valence electrons. The predicted molar refractivity (Wildman–Crippen MR) is 195 cm³/mol. The maximum Gasteiger partial charge on any atom is 0.449 e. The molecule has 9 rings (SSSR count). The Morgan fingerprint density at radius 1 is 0.927 bits per heavy atom. The second-order valence-electron chi connectivity index (χ2n) is 20.3. The molecule has 14 heteroatoms. The lowest BCUT2D eigenvalue weighted by molar-refractivity contribution is -0.202. The summed E-state index contributed by atoms with van der Waals surface area (Å²) < 4.78 is 58.9. The molecule has 0 bridgehead atoms. The van der Waals surface area contributed by atoms with E-state index in [4.69, 9.17) is 25.0 Å². The van der Waals surface area contributed by atoms with Crippen LogP contribution in [0.1, 0.15) is 106 Å². The summed E-state index contributed by atoms with van der Waals surface area (Å²) in [7, 11) is 0. The van der Waals surface area contributed by atoms with E-state index in [0.717, 1.165) is 70.9 Å². The van der Waals surface area contributed by atoms with Crippen LogP contribution in [0.4, 0.5) is 22.8 Å². The van der Waals surface area contributed by atoms with Crippen LogP contribution in [0.15, 0.2) is 0 Å². The van der Waals surface area contributed by atoms with Crippen LogP contribution in [0.2, 0.25) is 0 Å². The molecular weight excluding hydrogens is 715 g/mol. The summed E-state index contributed by atoms with van der Waals surface area (Å²) in [5, 5.41) is 28.3. The van der Waals surface area contributed by atoms with Gasteiger partial charge in [0.1, 0.15) is 18.0 Å². The number of ether oxygens (including phenoxy) is 3. The SMILES string of the molecule is CC(C)C(OC(=O)N1CCC1)C1CCC23C(O1)C(O)C1(C)C4CCC5C(C)(C)C(OC(=O)N6CCN(C(=N)C(F)(F)F)C(=N)C6)CCC56CC46CCC12C3C. The Hall–Kier alpha value is -2.61. The molecule has 55 heavy (non-hydrogen) atoms. The molecule has 6 aliphatic carbocycles. The Kier molecular flexibility index (Phi) is 8.10. The summed E-state index contributed by atoms with van der Waals surface area (Å²) in [6.45, 7) is 14.2. The zero-order chi connectivity index (χ0) is 39.5. The van der Waals surface area contributed by atoms with Crippen molar-refractivity contribution in [3.05, 3.63) is 0 Å². The van der Waals surface area contributed by atoms with Crippen molar-refractivity contribution in [2.75, 3.05) is 32.7 Å². The van der Waals surface area contributed by atoms with Gasteiger partial charge in [-0.3, -0.25) is 15.7 Å². The highest BCUT2D eigenvalue weighted by atomic mass is 19.4. The van der Waals surface area contributed by atoms with Crippen molar-refractivity contribution in [2.45, 2.75) is 142 Å². The number of alkyl halides is 3. The number of piperazine rings is 1. The smallest absolute Gasteiger partial charge is 0.446 e. The maximum atomic E-state index is 13.5. The average molecular weight is 776 g/mol. The molecule has 9 aliphatic rings. The number of carbonyl (C=O) groups excluding carboxylic acids is 2. The van der Waals surface area contributed by atoms with Crippen LogP contribution >= 0.6 is 0 Å². The van der Waals surface area contributed by atoms with Gasteiger partial charge in [-0.05, 0) is 104 Å². The van der Waals surface area contributed by atoms with Crippen molar-refractivity contribution >= 4 is 23.9 Å². The molecule has 13 unspecified atom stereocenters. The lowest BCUT2D eigenvalue weighted by Gasteiger charge is -2.61. The molecule has 0 aromatic heterocycles. The van der Waals surface area contributed by atoms with E-state index in [1.165, 1.54) is 4.90 Å². The van der Waals surface area contributed by atoms with E-state index in [0.29, 0.717) is 29.1 Å². The Morgan fingerprint density at radius 3 is 2.25 bits per heavy atom. The van der Waals surface area contributed by atoms with Gasteiger partial charge in [-0.25, -0.2) is 9.59 Å². The van der Waals surface area contributed by atoms with E-state index < -0.39 is 30.0 Å². The van der Waals surface area contributed by atoms with Gasteiger partial charge in [0.15, 0.2) is 0 Å². The van der Waals surface area contributed by atoms with Crippen LogP contribution < -0.4 is 0 Å². The third-order valence-electron chi connectivity index (χ3n) is 18.3. The second-order valence-corrected chi connectivity index (χ2v) is 20.3. The minimum Gasteiger partial charge on any atom is -0.446 e. The lowest BCUT2D eigenvalue weighted by Crippen LogP contribution is -2.60. The fraction of sp³-hybridized carbons (Fsp3) is 0.902. The Bertz CT molecular complexity index is 1690. The molecule has 6 saturated carbocycles. The van der Waals surface area contributed by atoms with Crippen molar-refractivity contribution in [1.29, 1.82) is 10.8 Å². The first-order valence-corrected chi connectivity index (χ1v) is 21.0. The number of nitrogens with zero attached hydrogens (tertiary/aromatic N) is 3. The summed E-state index contributed by atoms with van der Waals surface area (Å²) in [4.78, 5) is 30.1. The van der Waals surface area contributed by atoms with E-state index in [1.807, 2.05) is 0 Å². The first-order valence-electron chi connectivity index (χ1n) is 21.0. The zero-order valence-corrected chi connectivity index (χ0v) is 33.3. The minimum atomic E-state index is -4.86. The fourth-order valence-electron chi connectivity index (χ4n) is 15.8. The van der Waals surface area contributed by atoms with Crippen molar-refractivity contribution < 1.29 is 42.1 Å².